The second kappa shape index (κ2) is 5.41. The van der Waals surface area contributed by atoms with Crippen molar-refractivity contribution < 1.29 is 0 Å². The van der Waals surface area contributed by atoms with Crippen LogP contribution in [0.2, 0.25) is 0 Å². The molecule has 0 N–H and O–H groups in total. The van der Waals surface area contributed by atoms with Gasteiger partial charge in [-0.2, -0.15) is 0 Å². The summed E-state index contributed by atoms with van der Waals surface area (Å²) >= 11 is 6.10. The van der Waals surface area contributed by atoms with Crippen molar-refractivity contribution >= 4 is 28.3 Å². The number of para-hydroxylation sites is 1. The second-order valence-electron chi connectivity index (χ2n) is 5.35. The van der Waals surface area contributed by atoms with Crippen LogP contribution in [-0.4, -0.2) is 23.6 Å². The number of hydrogen-bond acceptors (Lipinski definition) is 2. The predicted molar refractivity (Wildman–Crippen MR) is 89.7 cm³/mol. The van der Waals surface area contributed by atoms with Crippen molar-refractivity contribution in [3.8, 4) is 5.69 Å². The van der Waals surface area contributed by atoms with Crippen LogP contribution >= 0.6 is 11.6 Å². The molecule has 0 spiro atoms. The Morgan fingerprint density at radius 2 is 1.81 bits per heavy atom. The number of nitrogens with zero attached hydrogens (tertiary/aromatic N) is 3. The van der Waals surface area contributed by atoms with Crippen molar-refractivity contribution in [3.05, 3.63) is 53.9 Å². The molecule has 3 nitrogen and oxygen atoms in total. The summed E-state index contributed by atoms with van der Waals surface area (Å²) in [4.78, 5) is 6.77. The van der Waals surface area contributed by atoms with E-state index in [1.54, 1.807) is 0 Å². The third-order valence-corrected chi connectivity index (χ3v) is 3.94. The predicted octanol–water partition coefficient (Wildman–Crippen LogP) is 4.14. The average molecular weight is 300 g/mol. The first-order chi connectivity index (χ1) is 10.1. The summed E-state index contributed by atoms with van der Waals surface area (Å²) in [5.74, 6) is 1.27. The number of rotatable bonds is 3. The minimum atomic E-state index is 0.392. The lowest BCUT2D eigenvalue weighted by Crippen LogP contribution is -2.08. The van der Waals surface area contributed by atoms with Gasteiger partial charge in [-0.15, -0.1) is 11.6 Å². The first kappa shape index (κ1) is 14.0. The zero-order valence-corrected chi connectivity index (χ0v) is 13.2. The van der Waals surface area contributed by atoms with Crippen LogP contribution in [0.15, 0.2) is 42.5 Å². The van der Waals surface area contributed by atoms with E-state index >= 15 is 0 Å². The van der Waals surface area contributed by atoms with Crippen molar-refractivity contribution in [3.63, 3.8) is 0 Å². The molecule has 0 atom stereocenters. The summed E-state index contributed by atoms with van der Waals surface area (Å²) in [6, 6.07) is 14.6. The quantitative estimate of drug-likeness (QED) is 0.678. The SMILES string of the molecule is Cc1cccc2c1nc(CCl)n2-c1ccc(N(C)C)cc1. The lowest BCUT2D eigenvalue weighted by atomic mass is 10.2. The maximum absolute atomic E-state index is 6.10. The van der Waals surface area contributed by atoms with Gasteiger partial charge < -0.3 is 4.90 Å². The number of aromatic nitrogens is 2. The first-order valence-corrected chi connectivity index (χ1v) is 7.46. The summed E-state index contributed by atoms with van der Waals surface area (Å²) in [6.45, 7) is 2.08. The van der Waals surface area contributed by atoms with Gasteiger partial charge >= 0.3 is 0 Å². The van der Waals surface area contributed by atoms with Crippen molar-refractivity contribution in [2.75, 3.05) is 19.0 Å². The number of imidazole rings is 1. The molecule has 1 heterocycles. The topological polar surface area (TPSA) is 21.1 Å². The molecule has 0 radical (unpaired) electrons. The smallest absolute Gasteiger partial charge is 0.129 e. The number of fused-ring (bicyclic) bond motifs is 1. The maximum Gasteiger partial charge on any atom is 0.129 e. The highest BCUT2D eigenvalue weighted by Gasteiger charge is 2.13. The molecule has 0 unspecified atom stereocenters. The summed E-state index contributed by atoms with van der Waals surface area (Å²) in [5.41, 5.74) is 5.55. The summed E-state index contributed by atoms with van der Waals surface area (Å²) < 4.78 is 2.13. The number of anilines is 1. The van der Waals surface area contributed by atoms with Gasteiger partial charge in [0.2, 0.25) is 0 Å². The van der Waals surface area contributed by atoms with E-state index in [4.69, 9.17) is 11.6 Å². The van der Waals surface area contributed by atoms with E-state index in [9.17, 15) is 0 Å². The van der Waals surface area contributed by atoms with Crippen LogP contribution in [0.25, 0.3) is 16.7 Å². The molecule has 0 saturated heterocycles. The molecule has 0 bridgehead atoms. The molecule has 108 valence electrons. The van der Waals surface area contributed by atoms with Crippen LogP contribution in [0.4, 0.5) is 5.69 Å². The van der Waals surface area contributed by atoms with Crippen LogP contribution in [0.5, 0.6) is 0 Å². The summed E-state index contributed by atoms with van der Waals surface area (Å²) in [7, 11) is 4.07. The Morgan fingerprint density at radius 3 is 2.43 bits per heavy atom. The Morgan fingerprint density at radius 1 is 1.10 bits per heavy atom. The second-order valence-corrected chi connectivity index (χ2v) is 5.62. The van der Waals surface area contributed by atoms with Gasteiger partial charge in [0.15, 0.2) is 0 Å². The van der Waals surface area contributed by atoms with Gasteiger partial charge in [0.1, 0.15) is 5.82 Å². The lowest BCUT2D eigenvalue weighted by Gasteiger charge is -2.14. The fourth-order valence-electron chi connectivity index (χ4n) is 2.57. The third kappa shape index (κ3) is 2.38. The Bertz CT molecular complexity index is 773. The highest BCUT2D eigenvalue weighted by molar-refractivity contribution is 6.17. The molecular weight excluding hydrogens is 282 g/mol. The fourth-order valence-corrected chi connectivity index (χ4v) is 2.74. The van der Waals surface area contributed by atoms with E-state index in [1.807, 2.05) is 14.1 Å². The van der Waals surface area contributed by atoms with E-state index in [2.05, 4.69) is 63.8 Å². The number of benzene rings is 2. The summed E-state index contributed by atoms with van der Waals surface area (Å²) in [5, 5.41) is 0. The minimum Gasteiger partial charge on any atom is -0.378 e. The highest BCUT2D eigenvalue weighted by Crippen LogP contribution is 2.26. The number of aryl methyl sites for hydroxylation is 1. The first-order valence-electron chi connectivity index (χ1n) is 6.92. The van der Waals surface area contributed by atoms with Crippen molar-refractivity contribution in [1.29, 1.82) is 0 Å². The zero-order valence-electron chi connectivity index (χ0n) is 12.5. The van der Waals surface area contributed by atoms with Crippen LogP contribution in [0, 0.1) is 6.92 Å². The summed E-state index contributed by atoms with van der Waals surface area (Å²) in [6.07, 6.45) is 0. The van der Waals surface area contributed by atoms with Crippen molar-refractivity contribution in [1.82, 2.24) is 9.55 Å². The standard InChI is InChI=1S/C17H18ClN3/c1-12-5-4-6-15-17(12)19-16(11-18)21(15)14-9-7-13(8-10-14)20(2)3/h4-10H,11H2,1-3H3. The van der Waals surface area contributed by atoms with E-state index in [0.717, 1.165) is 22.5 Å². The number of halogens is 1. The molecular formula is C17H18ClN3. The van der Waals surface area contributed by atoms with E-state index in [1.165, 1.54) is 11.3 Å². The molecule has 1 aromatic heterocycles. The van der Waals surface area contributed by atoms with Crippen LogP contribution in [0.1, 0.15) is 11.4 Å². The Kier molecular flexibility index (Phi) is 3.60. The lowest BCUT2D eigenvalue weighted by molar-refractivity contribution is 0.980. The monoisotopic (exact) mass is 299 g/mol. The number of hydrogen-bond donors (Lipinski definition) is 0. The van der Waals surface area contributed by atoms with Crippen LogP contribution < -0.4 is 4.90 Å². The fraction of sp³-hybridized carbons (Fsp3) is 0.235. The molecule has 2 aromatic carbocycles. The molecule has 4 heteroatoms. The normalized spacial score (nSPS) is 11.0. The van der Waals surface area contributed by atoms with E-state index in [-0.39, 0.29) is 0 Å². The van der Waals surface area contributed by atoms with Crippen LogP contribution in [-0.2, 0) is 5.88 Å². The van der Waals surface area contributed by atoms with Gasteiger partial charge in [-0.25, -0.2) is 4.98 Å². The van der Waals surface area contributed by atoms with Crippen molar-refractivity contribution in [2.45, 2.75) is 12.8 Å². The van der Waals surface area contributed by atoms with Gasteiger partial charge in [-0.05, 0) is 42.8 Å². The maximum atomic E-state index is 6.10. The average Bonchev–Trinajstić information content (AvgIpc) is 2.87. The Hall–Kier alpha value is -2.00. The van der Waals surface area contributed by atoms with Gasteiger partial charge in [0.05, 0.1) is 16.9 Å². The van der Waals surface area contributed by atoms with Crippen LogP contribution in [0.3, 0.4) is 0 Å². The Labute approximate surface area is 129 Å². The zero-order chi connectivity index (χ0) is 15.0. The third-order valence-electron chi connectivity index (χ3n) is 3.70. The van der Waals surface area contributed by atoms with Gasteiger partial charge in [-0.1, -0.05) is 12.1 Å². The molecule has 0 aliphatic carbocycles. The molecule has 0 saturated carbocycles. The molecule has 0 fully saturated rings. The molecule has 0 aliphatic heterocycles. The molecule has 0 amide bonds. The molecule has 3 rings (SSSR count). The number of alkyl halides is 1. The molecule has 0 aliphatic rings. The van der Waals surface area contributed by atoms with Crippen molar-refractivity contribution in [2.24, 2.45) is 0 Å². The molecule has 21 heavy (non-hydrogen) atoms. The Balaban J connectivity index is 2.21. The largest absolute Gasteiger partial charge is 0.378 e. The van der Waals surface area contributed by atoms with E-state index < -0.39 is 0 Å². The van der Waals surface area contributed by atoms with E-state index in [0.29, 0.717) is 5.88 Å². The van der Waals surface area contributed by atoms with Gasteiger partial charge in [0, 0.05) is 25.5 Å². The minimum absolute atomic E-state index is 0.392. The highest BCUT2D eigenvalue weighted by atomic mass is 35.5. The van der Waals surface area contributed by atoms with Gasteiger partial charge in [0.25, 0.3) is 0 Å². The molecule has 3 aromatic rings. The van der Waals surface area contributed by atoms with Gasteiger partial charge in [-0.3, -0.25) is 4.57 Å².